The Morgan fingerprint density at radius 1 is 1.38 bits per heavy atom. The van der Waals surface area contributed by atoms with Gasteiger partial charge in [-0.25, -0.2) is 0 Å². The first kappa shape index (κ1) is 15.2. The van der Waals surface area contributed by atoms with Gasteiger partial charge in [0.15, 0.2) is 0 Å². The van der Waals surface area contributed by atoms with Crippen LogP contribution in [0.4, 0.5) is 5.69 Å². The summed E-state index contributed by atoms with van der Waals surface area (Å²) in [5.41, 5.74) is 6.39. The van der Waals surface area contributed by atoms with Gasteiger partial charge in [0.2, 0.25) is 5.91 Å². The third-order valence-corrected chi connectivity index (χ3v) is 4.01. The minimum atomic E-state index is -0.339. The van der Waals surface area contributed by atoms with Crippen LogP contribution in [-0.2, 0) is 4.79 Å². The molecule has 0 unspecified atom stereocenters. The SMILES string of the molecule is CC(C)CNC(=O)CNC(=O)c1sc2cnccc2c1N. The molecular formula is C14H18N4O2S. The Labute approximate surface area is 126 Å². The van der Waals surface area contributed by atoms with E-state index in [9.17, 15) is 9.59 Å². The number of pyridine rings is 1. The topological polar surface area (TPSA) is 97.1 Å². The molecule has 7 heteroatoms. The lowest BCUT2D eigenvalue weighted by atomic mass is 10.2. The summed E-state index contributed by atoms with van der Waals surface area (Å²) < 4.78 is 0.851. The first-order valence-electron chi connectivity index (χ1n) is 6.66. The number of nitrogens with two attached hydrogens (primary N) is 1. The molecule has 2 amide bonds. The molecule has 2 heterocycles. The van der Waals surface area contributed by atoms with Crippen LogP contribution in [0.25, 0.3) is 10.1 Å². The van der Waals surface area contributed by atoms with E-state index in [4.69, 9.17) is 5.73 Å². The van der Waals surface area contributed by atoms with Crippen molar-refractivity contribution in [3.63, 3.8) is 0 Å². The molecule has 2 rings (SSSR count). The molecule has 0 saturated carbocycles. The molecule has 0 spiro atoms. The molecule has 4 N–H and O–H groups in total. The van der Waals surface area contributed by atoms with Crippen LogP contribution in [0, 0.1) is 5.92 Å². The molecule has 0 fully saturated rings. The highest BCUT2D eigenvalue weighted by Gasteiger charge is 2.16. The molecule has 0 aliphatic heterocycles. The number of aromatic nitrogens is 1. The van der Waals surface area contributed by atoms with Crippen LogP contribution in [0.3, 0.4) is 0 Å². The van der Waals surface area contributed by atoms with Gasteiger partial charge >= 0.3 is 0 Å². The first-order valence-corrected chi connectivity index (χ1v) is 7.47. The Hall–Kier alpha value is -2.15. The van der Waals surface area contributed by atoms with E-state index in [-0.39, 0.29) is 18.4 Å². The Kier molecular flexibility index (Phi) is 4.74. The minimum Gasteiger partial charge on any atom is -0.397 e. The van der Waals surface area contributed by atoms with Crippen LogP contribution in [0.1, 0.15) is 23.5 Å². The van der Waals surface area contributed by atoms with E-state index in [0.717, 1.165) is 10.1 Å². The lowest BCUT2D eigenvalue weighted by Gasteiger charge is -2.08. The maximum atomic E-state index is 12.1. The molecular weight excluding hydrogens is 288 g/mol. The first-order chi connectivity index (χ1) is 9.99. The third kappa shape index (κ3) is 3.69. The summed E-state index contributed by atoms with van der Waals surface area (Å²) in [4.78, 5) is 28.1. The van der Waals surface area contributed by atoms with Gasteiger partial charge in [0.25, 0.3) is 5.91 Å². The summed E-state index contributed by atoms with van der Waals surface area (Å²) in [6.45, 7) is 4.54. The number of hydrogen-bond acceptors (Lipinski definition) is 5. The van der Waals surface area contributed by atoms with Crippen molar-refractivity contribution in [3.05, 3.63) is 23.3 Å². The Morgan fingerprint density at radius 2 is 2.14 bits per heavy atom. The Bertz CT molecular complexity index is 666. The van der Waals surface area contributed by atoms with Crippen LogP contribution in [0.5, 0.6) is 0 Å². The zero-order chi connectivity index (χ0) is 15.4. The van der Waals surface area contributed by atoms with E-state index in [1.165, 1.54) is 11.3 Å². The second-order valence-corrected chi connectivity index (χ2v) is 6.15. The summed E-state index contributed by atoms with van der Waals surface area (Å²) >= 11 is 1.27. The second-order valence-electron chi connectivity index (χ2n) is 5.10. The van der Waals surface area contributed by atoms with Gasteiger partial charge < -0.3 is 16.4 Å². The molecule has 0 saturated heterocycles. The lowest BCUT2D eigenvalue weighted by Crippen LogP contribution is -2.38. The fraction of sp³-hybridized carbons (Fsp3) is 0.357. The van der Waals surface area contributed by atoms with Gasteiger partial charge in [-0.15, -0.1) is 11.3 Å². The summed E-state index contributed by atoms with van der Waals surface area (Å²) in [5, 5.41) is 6.13. The number of rotatable bonds is 5. The average Bonchev–Trinajstić information content (AvgIpc) is 2.80. The standard InChI is InChI=1S/C14H18N4O2S/c1-8(2)5-17-11(19)7-18-14(20)13-12(15)9-3-4-16-6-10(9)21-13/h3-4,6,8H,5,7,15H2,1-2H3,(H,17,19)(H,18,20). The van der Waals surface area contributed by atoms with Crippen LogP contribution >= 0.6 is 11.3 Å². The highest BCUT2D eigenvalue weighted by Crippen LogP contribution is 2.32. The van der Waals surface area contributed by atoms with Crippen LogP contribution in [0.2, 0.25) is 0 Å². The van der Waals surface area contributed by atoms with Gasteiger partial charge in [-0.3, -0.25) is 14.6 Å². The van der Waals surface area contributed by atoms with Crippen molar-refractivity contribution in [2.45, 2.75) is 13.8 Å². The normalized spacial score (nSPS) is 10.8. The second kappa shape index (κ2) is 6.53. The van der Waals surface area contributed by atoms with Crippen molar-refractivity contribution >= 4 is 38.9 Å². The zero-order valence-electron chi connectivity index (χ0n) is 12.0. The van der Waals surface area contributed by atoms with E-state index in [1.54, 1.807) is 18.5 Å². The lowest BCUT2D eigenvalue weighted by molar-refractivity contribution is -0.120. The smallest absolute Gasteiger partial charge is 0.263 e. The van der Waals surface area contributed by atoms with Gasteiger partial charge in [0, 0.05) is 24.3 Å². The number of hydrogen-bond donors (Lipinski definition) is 3. The van der Waals surface area contributed by atoms with Gasteiger partial charge in [0.05, 0.1) is 16.9 Å². The van der Waals surface area contributed by atoms with Crippen molar-refractivity contribution in [3.8, 4) is 0 Å². The summed E-state index contributed by atoms with van der Waals surface area (Å²) in [7, 11) is 0. The predicted octanol–water partition coefficient (Wildman–Crippen LogP) is 1.38. The number of amides is 2. The van der Waals surface area contributed by atoms with Crippen LogP contribution < -0.4 is 16.4 Å². The number of nitrogens with zero attached hydrogens (tertiary/aromatic N) is 1. The highest BCUT2D eigenvalue weighted by atomic mass is 32.1. The fourth-order valence-electron chi connectivity index (χ4n) is 1.76. The van der Waals surface area contributed by atoms with E-state index < -0.39 is 0 Å². The number of nitrogen functional groups attached to an aromatic ring is 1. The summed E-state index contributed by atoms with van der Waals surface area (Å²) in [5.74, 6) is -0.179. The maximum absolute atomic E-state index is 12.1. The number of thiophene rings is 1. The van der Waals surface area contributed by atoms with E-state index >= 15 is 0 Å². The molecule has 0 aliphatic carbocycles. The number of nitrogens with one attached hydrogen (secondary N) is 2. The predicted molar refractivity (Wildman–Crippen MR) is 84.2 cm³/mol. The minimum absolute atomic E-state index is 0.0580. The maximum Gasteiger partial charge on any atom is 0.263 e. The number of fused-ring (bicyclic) bond motifs is 1. The molecule has 0 aromatic carbocycles. The van der Waals surface area contributed by atoms with Gasteiger partial charge in [0.1, 0.15) is 4.88 Å². The molecule has 21 heavy (non-hydrogen) atoms. The molecule has 112 valence electrons. The largest absolute Gasteiger partial charge is 0.397 e. The zero-order valence-corrected chi connectivity index (χ0v) is 12.8. The third-order valence-electron chi connectivity index (χ3n) is 2.85. The van der Waals surface area contributed by atoms with E-state index in [0.29, 0.717) is 23.0 Å². The van der Waals surface area contributed by atoms with Gasteiger partial charge in [-0.2, -0.15) is 0 Å². The Morgan fingerprint density at radius 3 is 2.81 bits per heavy atom. The van der Waals surface area contributed by atoms with Crippen molar-refractivity contribution in [2.24, 2.45) is 5.92 Å². The fourth-order valence-corrected chi connectivity index (χ4v) is 2.77. The number of carbonyl (C=O) groups is 2. The molecule has 0 aliphatic rings. The molecule has 0 bridgehead atoms. The molecule has 2 aromatic rings. The van der Waals surface area contributed by atoms with Crippen molar-refractivity contribution < 1.29 is 9.59 Å². The van der Waals surface area contributed by atoms with Crippen LogP contribution in [-0.4, -0.2) is 29.9 Å². The molecule has 2 aromatic heterocycles. The molecule has 0 radical (unpaired) electrons. The number of anilines is 1. The summed E-state index contributed by atoms with van der Waals surface area (Å²) in [6, 6.07) is 1.77. The quantitative estimate of drug-likeness (QED) is 0.777. The van der Waals surface area contributed by atoms with Crippen molar-refractivity contribution in [2.75, 3.05) is 18.8 Å². The monoisotopic (exact) mass is 306 g/mol. The van der Waals surface area contributed by atoms with E-state index in [1.807, 2.05) is 13.8 Å². The highest BCUT2D eigenvalue weighted by molar-refractivity contribution is 7.21. The van der Waals surface area contributed by atoms with Gasteiger partial charge in [-0.1, -0.05) is 13.8 Å². The Balaban J connectivity index is 1.99. The molecule has 0 atom stereocenters. The number of carbonyl (C=O) groups excluding carboxylic acids is 2. The van der Waals surface area contributed by atoms with Crippen molar-refractivity contribution in [1.29, 1.82) is 0 Å². The van der Waals surface area contributed by atoms with Gasteiger partial charge in [-0.05, 0) is 12.0 Å². The van der Waals surface area contributed by atoms with E-state index in [2.05, 4.69) is 15.6 Å². The average molecular weight is 306 g/mol. The van der Waals surface area contributed by atoms with Crippen molar-refractivity contribution in [1.82, 2.24) is 15.6 Å². The molecule has 6 nitrogen and oxygen atoms in total. The summed E-state index contributed by atoms with van der Waals surface area (Å²) in [6.07, 6.45) is 3.30. The van der Waals surface area contributed by atoms with Crippen LogP contribution in [0.15, 0.2) is 18.5 Å².